The van der Waals surface area contributed by atoms with Crippen molar-refractivity contribution < 1.29 is 14.4 Å². The van der Waals surface area contributed by atoms with Crippen LogP contribution < -0.4 is 21.2 Å². The molecule has 3 aromatic heterocycles. The maximum Gasteiger partial charge on any atom is 0.328 e. The molecule has 0 unspecified atom stereocenters. The minimum Gasteiger partial charge on any atom is -0.347 e. The van der Waals surface area contributed by atoms with E-state index in [1.54, 1.807) is 26.3 Å². The number of imide groups is 1. The number of imidazole rings is 1. The third-order valence-electron chi connectivity index (χ3n) is 10.3. The molecule has 0 aliphatic carbocycles. The van der Waals surface area contributed by atoms with Gasteiger partial charge in [0.05, 0.1) is 16.7 Å². The molecule has 11 nitrogen and oxygen atoms in total. The maximum absolute atomic E-state index is 13.1. The number of nitrogens with zero attached hydrogens (tertiary/aromatic N) is 5. The van der Waals surface area contributed by atoms with E-state index in [0.717, 1.165) is 72.1 Å². The number of anilines is 1. The van der Waals surface area contributed by atoms with Gasteiger partial charge in [-0.25, -0.2) is 9.59 Å². The number of hydrogen-bond donors (Lipinski definition) is 2. The summed E-state index contributed by atoms with van der Waals surface area (Å²) in [5, 5.41) is 7.33. The van der Waals surface area contributed by atoms with Gasteiger partial charge in [-0.2, -0.15) is 0 Å². The zero-order valence-electron chi connectivity index (χ0n) is 31.0. The predicted molar refractivity (Wildman–Crippen MR) is 215 cm³/mol. The number of carbonyl (C=O) groups excluding carboxylic acids is 3. The van der Waals surface area contributed by atoms with Gasteiger partial charge in [0.15, 0.2) is 0 Å². The Morgan fingerprint density at radius 2 is 1.58 bits per heavy atom. The number of aryl methyl sites for hydroxylation is 2. The average Bonchev–Trinajstić information content (AvgIpc) is 3.42. The van der Waals surface area contributed by atoms with Crippen LogP contribution in [0, 0.1) is 0 Å². The molecular formula is C44H39N7O4. The van der Waals surface area contributed by atoms with Gasteiger partial charge in [-0.15, -0.1) is 0 Å². The molecule has 4 heterocycles. The number of carbonyl (C=O) groups is 3. The number of nitrogens with one attached hydrogen (secondary N) is 2. The van der Waals surface area contributed by atoms with Gasteiger partial charge in [0.25, 0.3) is 5.91 Å². The Balaban J connectivity index is 0.952. The highest BCUT2D eigenvalue weighted by Gasteiger charge is 2.24. The Morgan fingerprint density at radius 3 is 2.33 bits per heavy atom. The molecule has 1 aliphatic rings. The SMILES string of the molecule is CC(C)c1cc(-c2cccc3cc(-c4ccc(C(=O)NCc5ccc(-c6cccc(N7CCC(=O)NC7=O)c6)cc5)nc4)ncc23)cc2c1n(C)c(=O)n2C. The molecule has 0 spiro atoms. The van der Waals surface area contributed by atoms with Gasteiger partial charge in [-0.3, -0.25) is 38.9 Å². The molecule has 0 saturated carbocycles. The number of hydrogen-bond acceptors (Lipinski definition) is 6. The first-order valence-corrected chi connectivity index (χ1v) is 18.2. The quantitative estimate of drug-likeness (QED) is 0.169. The molecule has 1 aliphatic heterocycles. The lowest BCUT2D eigenvalue weighted by Crippen LogP contribution is -2.49. The molecule has 4 amide bonds. The average molecular weight is 730 g/mol. The number of fused-ring (bicyclic) bond motifs is 2. The van der Waals surface area contributed by atoms with E-state index in [1.807, 2.05) is 87.0 Å². The first-order chi connectivity index (χ1) is 26.5. The van der Waals surface area contributed by atoms with Gasteiger partial charge in [-0.05, 0) is 87.1 Å². The molecule has 1 saturated heterocycles. The van der Waals surface area contributed by atoms with Crippen molar-refractivity contribution in [2.24, 2.45) is 14.1 Å². The lowest BCUT2D eigenvalue weighted by Gasteiger charge is -2.26. The number of pyridine rings is 2. The first-order valence-electron chi connectivity index (χ1n) is 18.2. The second-order valence-electron chi connectivity index (χ2n) is 14.2. The second kappa shape index (κ2) is 14.2. The molecule has 0 atom stereocenters. The Bertz CT molecular complexity index is 2710. The summed E-state index contributed by atoms with van der Waals surface area (Å²) in [6.45, 7) is 4.95. The number of rotatable bonds is 8. The summed E-state index contributed by atoms with van der Waals surface area (Å²) < 4.78 is 3.43. The molecule has 1 fully saturated rings. The Hall–Kier alpha value is -6.88. The number of aromatic nitrogens is 4. The maximum atomic E-state index is 13.1. The molecule has 4 aromatic carbocycles. The minimum absolute atomic E-state index is 0.0474. The fraction of sp³-hybridized carbons (Fsp3) is 0.182. The van der Waals surface area contributed by atoms with Crippen molar-refractivity contribution in [3.63, 3.8) is 0 Å². The molecule has 7 aromatic rings. The van der Waals surface area contributed by atoms with E-state index in [9.17, 15) is 19.2 Å². The van der Waals surface area contributed by atoms with Crippen molar-refractivity contribution in [1.29, 1.82) is 0 Å². The lowest BCUT2D eigenvalue weighted by molar-refractivity contribution is -0.120. The van der Waals surface area contributed by atoms with E-state index in [0.29, 0.717) is 18.8 Å². The highest BCUT2D eigenvalue weighted by Crippen LogP contribution is 2.35. The lowest BCUT2D eigenvalue weighted by atomic mass is 9.93. The van der Waals surface area contributed by atoms with E-state index in [1.165, 1.54) is 0 Å². The summed E-state index contributed by atoms with van der Waals surface area (Å²) in [6.07, 6.45) is 3.81. The molecule has 0 radical (unpaired) electrons. The van der Waals surface area contributed by atoms with E-state index >= 15 is 0 Å². The summed E-state index contributed by atoms with van der Waals surface area (Å²) in [6, 6.07) is 31.1. The molecule has 2 N–H and O–H groups in total. The summed E-state index contributed by atoms with van der Waals surface area (Å²) in [7, 11) is 3.63. The van der Waals surface area contributed by atoms with Crippen molar-refractivity contribution in [2.45, 2.75) is 32.7 Å². The molecule has 8 rings (SSSR count). The van der Waals surface area contributed by atoms with Crippen LogP contribution in [-0.2, 0) is 25.4 Å². The van der Waals surface area contributed by atoms with Crippen molar-refractivity contribution in [3.8, 4) is 33.5 Å². The van der Waals surface area contributed by atoms with Gasteiger partial charge in [-0.1, -0.05) is 68.4 Å². The molecule has 274 valence electrons. The van der Waals surface area contributed by atoms with E-state index in [4.69, 9.17) is 4.98 Å². The zero-order chi connectivity index (χ0) is 38.4. The summed E-state index contributed by atoms with van der Waals surface area (Å²) >= 11 is 0. The van der Waals surface area contributed by atoms with Gasteiger partial charge in [0, 0.05) is 62.6 Å². The van der Waals surface area contributed by atoms with E-state index < -0.39 is 6.03 Å². The third-order valence-corrected chi connectivity index (χ3v) is 10.3. The topological polar surface area (TPSA) is 131 Å². The molecule has 0 bridgehead atoms. The third kappa shape index (κ3) is 6.65. The highest BCUT2D eigenvalue weighted by molar-refractivity contribution is 6.06. The van der Waals surface area contributed by atoms with Crippen molar-refractivity contribution in [1.82, 2.24) is 29.7 Å². The molecule has 11 heteroatoms. The van der Waals surface area contributed by atoms with Gasteiger partial charge in [0.1, 0.15) is 5.69 Å². The van der Waals surface area contributed by atoms with E-state index in [2.05, 4.69) is 53.7 Å². The minimum atomic E-state index is -0.419. The van der Waals surface area contributed by atoms with Crippen molar-refractivity contribution in [2.75, 3.05) is 11.4 Å². The first kappa shape index (κ1) is 35.2. The predicted octanol–water partition coefficient (Wildman–Crippen LogP) is 7.32. The van der Waals surface area contributed by atoms with Crippen LogP contribution in [0.25, 0.3) is 55.3 Å². The summed E-state index contributed by atoms with van der Waals surface area (Å²) in [5.74, 6) is -0.328. The van der Waals surface area contributed by atoms with Crippen LogP contribution in [-0.4, -0.2) is 43.5 Å². The standard InChI is InChI=1S/C44H39N7O4/c1-26(2)35-20-32(22-39-41(35)50(4)44(55)49(39)3)34-10-6-8-30-21-38(46-25-36(30)34)31-15-16-37(45-24-31)42(53)47-23-27-11-13-28(14-12-27)29-7-5-9-33(19-29)51-18-17-40(52)48-43(51)54/h5-16,19-22,24-26H,17-18,23H2,1-4H3,(H,47,53)(H,48,52,54). The van der Waals surface area contributed by atoms with Crippen molar-refractivity contribution >= 4 is 45.3 Å². The van der Waals surface area contributed by atoms with Crippen LogP contribution in [0.15, 0.2) is 114 Å². The van der Waals surface area contributed by atoms with Crippen molar-refractivity contribution in [3.05, 3.63) is 137 Å². The Kier molecular flexibility index (Phi) is 9.06. The fourth-order valence-corrected chi connectivity index (χ4v) is 7.29. The molecule has 55 heavy (non-hydrogen) atoms. The second-order valence-corrected chi connectivity index (χ2v) is 14.2. The monoisotopic (exact) mass is 729 g/mol. The van der Waals surface area contributed by atoms with E-state index in [-0.39, 0.29) is 29.8 Å². The van der Waals surface area contributed by atoms with Crippen LogP contribution in [0.1, 0.15) is 47.8 Å². The van der Waals surface area contributed by atoms with Crippen LogP contribution in [0.2, 0.25) is 0 Å². The number of amides is 4. The Morgan fingerprint density at radius 1 is 0.800 bits per heavy atom. The number of urea groups is 1. The van der Waals surface area contributed by atoms with Gasteiger partial charge in [0.2, 0.25) is 5.91 Å². The van der Waals surface area contributed by atoms with Gasteiger partial charge >= 0.3 is 11.7 Å². The summed E-state index contributed by atoms with van der Waals surface area (Å²) in [4.78, 5) is 60.6. The van der Waals surface area contributed by atoms with Crippen LogP contribution in [0.4, 0.5) is 10.5 Å². The zero-order valence-corrected chi connectivity index (χ0v) is 31.0. The normalized spacial score (nSPS) is 13.1. The highest BCUT2D eigenvalue weighted by atomic mass is 16.2. The molecular weight excluding hydrogens is 691 g/mol. The summed E-state index contributed by atoms with van der Waals surface area (Å²) in [5.41, 5.74) is 10.4. The largest absolute Gasteiger partial charge is 0.347 e. The smallest absolute Gasteiger partial charge is 0.328 e. The number of benzene rings is 4. The Labute approximate surface area is 317 Å². The van der Waals surface area contributed by atoms with Crippen LogP contribution >= 0.6 is 0 Å². The van der Waals surface area contributed by atoms with Crippen LogP contribution in [0.5, 0.6) is 0 Å². The van der Waals surface area contributed by atoms with Gasteiger partial charge < -0.3 is 5.32 Å². The van der Waals surface area contributed by atoms with Crippen LogP contribution in [0.3, 0.4) is 0 Å². The fourth-order valence-electron chi connectivity index (χ4n) is 7.29.